The molecule has 3 aromatic rings. The molecule has 7 nitrogen and oxygen atoms in total. The summed E-state index contributed by atoms with van der Waals surface area (Å²) in [6.45, 7) is 2.83. The van der Waals surface area contributed by atoms with E-state index < -0.39 is 17.7 Å². The fourth-order valence-corrected chi connectivity index (χ4v) is 4.62. The van der Waals surface area contributed by atoms with Gasteiger partial charge in [-0.25, -0.2) is 4.68 Å². The Hall–Kier alpha value is -3.23. The van der Waals surface area contributed by atoms with Crippen LogP contribution in [0, 0.1) is 6.92 Å². The molecule has 1 saturated heterocycles. The van der Waals surface area contributed by atoms with Gasteiger partial charge in [-0.2, -0.15) is 5.10 Å². The van der Waals surface area contributed by atoms with E-state index in [-0.39, 0.29) is 11.3 Å². The Balaban J connectivity index is 1.81. The van der Waals surface area contributed by atoms with Gasteiger partial charge in [0.1, 0.15) is 5.76 Å². The number of Topliss-reactive ketones (excluding diaryl/α,β-unsaturated/α-hetero) is 1. The number of carbonyl (C=O) groups excluding carboxylic acids is 2. The number of benzene rings is 1. The number of likely N-dealkylation sites (tertiary alicyclic amines) is 1. The van der Waals surface area contributed by atoms with Crippen LogP contribution in [0.2, 0.25) is 0 Å². The number of thiophene rings is 1. The van der Waals surface area contributed by atoms with E-state index in [0.717, 1.165) is 10.6 Å². The zero-order valence-electron chi connectivity index (χ0n) is 17.6. The average Bonchev–Trinajstić information content (AvgIpc) is 3.47. The highest BCUT2D eigenvalue weighted by Crippen LogP contribution is 2.41. The number of aliphatic hydroxyl groups excluding tert-OH is 1. The van der Waals surface area contributed by atoms with Crippen LogP contribution in [-0.4, -0.2) is 63.6 Å². The number of ketones is 1. The minimum absolute atomic E-state index is 0.113. The second kappa shape index (κ2) is 8.49. The number of para-hydroxylation sites is 1. The number of aromatic nitrogens is 2. The second-order valence-corrected chi connectivity index (χ2v) is 8.68. The molecule has 1 atom stereocenters. The van der Waals surface area contributed by atoms with Gasteiger partial charge in [0, 0.05) is 18.0 Å². The summed E-state index contributed by atoms with van der Waals surface area (Å²) in [6, 6.07) is 12.7. The zero-order chi connectivity index (χ0) is 22.1. The molecule has 0 unspecified atom stereocenters. The molecule has 160 valence electrons. The van der Waals surface area contributed by atoms with Gasteiger partial charge in [0.05, 0.1) is 34.8 Å². The van der Waals surface area contributed by atoms with Crippen molar-refractivity contribution in [3.63, 3.8) is 0 Å². The third-order valence-corrected chi connectivity index (χ3v) is 6.33. The number of rotatable bonds is 6. The van der Waals surface area contributed by atoms with E-state index in [2.05, 4.69) is 5.10 Å². The van der Waals surface area contributed by atoms with Crippen molar-refractivity contribution in [2.24, 2.45) is 0 Å². The van der Waals surface area contributed by atoms with Crippen LogP contribution in [-0.2, 0) is 9.59 Å². The molecule has 1 N–H and O–H groups in total. The van der Waals surface area contributed by atoms with Gasteiger partial charge in [0.2, 0.25) is 0 Å². The van der Waals surface area contributed by atoms with Gasteiger partial charge < -0.3 is 14.9 Å². The van der Waals surface area contributed by atoms with E-state index >= 15 is 0 Å². The van der Waals surface area contributed by atoms with Crippen molar-refractivity contribution in [1.29, 1.82) is 0 Å². The quantitative estimate of drug-likeness (QED) is 0.365. The van der Waals surface area contributed by atoms with Gasteiger partial charge in [0.25, 0.3) is 11.7 Å². The van der Waals surface area contributed by atoms with Crippen LogP contribution in [0.15, 0.2) is 59.6 Å². The summed E-state index contributed by atoms with van der Waals surface area (Å²) in [5, 5.41) is 17.5. The predicted molar refractivity (Wildman–Crippen MR) is 120 cm³/mol. The van der Waals surface area contributed by atoms with Gasteiger partial charge in [-0.3, -0.25) is 9.59 Å². The number of hydrogen-bond acceptors (Lipinski definition) is 6. The lowest BCUT2D eigenvalue weighted by atomic mass is 10.00. The van der Waals surface area contributed by atoms with Crippen LogP contribution in [0.3, 0.4) is 0 Å². The molecule has 4 rings (SSSR count). The van der Waals surface area contributed by atoms with Crippen LogP contribution in [0.4, 0.5) is 0 Å². The number of likely N-dealkylation sites (N-methyl/N-ethyl adjacent to an activating group) is 1. The standard InChI is InChI=1S/C23H24N4O3S/c1-15-17(14-24-27(15)16-8-5-4-6-9-16)21(28)19-20(18-10-7-13-31-18)26(12-11-25(2)3)23(30)22(19)29/h4-10,13-14,20,28H,11-12H2,1-3H3/t20-/m0/s1. The minimum Gasteiger partial charge on any atom is -0.507 e. The van der Waals surface area contributed by atoms with Crippen molar-refractivity contribution in [3.05, 3.63) is 75.7 Å². The Bertz CT molecular complexity index is 1130. The van der Waals surface area contributed by atoms with Gasteiger partial charge in [0.15, 0.2) is 0 Å². The summed E-state index contributed by atoms with van der Waals surface area (Å²) in [5.74, 6) is -1.44. The summed E-state index contributed by atoms with van der Waals surface area (Å²) < 4.78 is 1.71. The summed E-state index contributed by atoms with van der Waals surface area (Å²) in [4.78, 5) is 30.3. The minimum atomic E-state index is -0.665. The molecule has 3 heterocycles. The molecule has 0 bridgehead atoms. The molecule has 1 fully saturated rings. The third-order valence-electron chi connectivity index (χ3n) is 5.41. The fraction of sp³-hybridized carbons (Fsp3) is 0.261. The Kier molecular flexibility index (Phi) is 5.75. The van der Waals surface area contributed by atoms with E-state index in [0.29, 0.717) is 24.3 Å². The second-order valence-electron chi connectivity index (χ2n) is 7.70. The summed E-state index contributed by atoms with van der Waals surface area (Å²) in [7, 11) is 3.83. The van der Waals surface area contributed by atoms with Crippen LogP contribution < -0.4 is 0 Å². The molecular formula is C23H24N4O3S. The largest absolute Gasteiger partial charge is 0.507 e. The number of hydrogen-bond donors (Lipinski definition) is 1. The average molecular weight is 437 g/mol. The van der Waals surface area contributed by atoms with Crippen molar-refractivity contribution < 1.29 is 14.7 Å². The number of nitrogens with zero attached hydrogens (tertiary/aromatic N) is 4. The highest BCUT2D eigenvalue weighted by Gasteiger charge is 2.46. The first-order chi connectivity index (χ1) is 14.9. The van der Waals surface area contributed by atoms with Crippen LogP contribution in [0.25, 0.3) is 11.4 Å². The summed E-state index contributed by atoms with van der Waals surface area (Å²) in [5.41, 5.74) is 2.09. The molecular weight excluding hydrogens is 412 g/mol. The van der Waals surface area contributed by atoms with Gasteiger partial charge in [-0.1, -0.05) is 24.3 Å². The van der Waals surface area contributed by atoms with E-state index in [4.69, 9.17) is 0 Å². The van der Waals surface area contributed by atoms with E-state index in [1.165, 1.54) is 17.5 Å². The molecule has 0 spiro atoms. The number of aliphatic hydroxyl groups is 1. The Morgan fingerprint density at radius 1 is 1.16 bits per heavy atom. The summed E-state index contributed by atoms with van der Waals surface area (Å²) >= 11 is 1.46. The van der Waals surface area contributed by atoms with Gasteiger partial charge in [-0.15, -0.1) is 11.3 Å². The summed E-state index contributed by atoms with van der Waals surface area (Å²) in [6.07, 6.45) is 1.54. The van der Waals surface area contributed by atoms with Gasteiger partial charge >= 0.3 is 0 Å². The Morgan fingerprint density at radius 2 is 1.90 bits per heavy atom. The SMILES string of the molecule is Cc1c(C(O)=C2C(=O)C(=O)N(CCN(C)C)[C@H]2c2cccs2)cnn1-c1ccccc1. The lowest BCUT2D eigenvalue weighted by Gasteiger charge is -2.25. The molecule has 8 heteroatoms. The highest BCUT2D eigenvalue weighted by molar-refractivity contribution is 7.10. The first-order valence-corrected chi connectivity index (χ1v) is 10.8. The van der Waals surface area contributed by atoms with Crippen molar-refractivity contribution in [1.82, 2.24) is 19.6 Å². The highest BCUT2D eigenvalue weighted by atomic mass is 32.1. The number of amides is 1. The lowest BCUT2D eigenvalue weighted by Crippen LogP contribution is -2.35. The van der Waals surface area contributed by atoms with E-state index in [1.807, 2.05) is 73.8 Å². The Labute approximate surface area is 184 Å². The molecule has 0 saturated carbocycles. The molecule has 1 aliphatic rings. The fourth-order valence-electron chi connectivity index (χ4n) is 3.78. The molecule has 0 radical (unpaired) electrons. The normalized spacial score (nSPS) is 18.3. The molecule has 0 aliphatic carbocycles. The van der Waals surface area contributed by atoms with Crippen molar-refractivity contribution >= 4 is 28.8 Å². The first-order valence-electron chi connectivity index (χ1n) is 9.97. The van der Waals surface area contributed by atoms with Crippen molar-refractivity contribution in [3.8, 4) is 5.69 Å². The lowest BCUT2D eigenvalue weighted by molar-refractivity contribution is -0.140. The van der Waals surface area contributed by atoms with Crippen molar-refractivity contribution in [2.45, 2.75) is 13.0 Å². The smallest absolute Gasteiger partial charge is 0.295 e. The zero-order valence-corrected chi connectivity index (χ0v) is 18.5. The molecule has 1 aromatic carbocycles. The maximum Gasteiger partial charge on any atom is 0.295 e. The van der Waals surface area contributed by atoms with Crippen LogP contribution >= 0.6 is 11.3 Å². The van der Waals surface area contributed by atoms with Crippen LogP contribution in [0.1, 0.15) is 22.2 Å². The molecule has 1 aliphatic heterocycles. The maximum atomic E-state index is 13.0. The predicted octanol–water partition coefficient (Wildman–Crippen LogP) is 3.23. The van der Waals surface area contributed by atoms with E-state index in [9.17, 15) is 14.7 Å². The maximum absolute atomic E-state index is 13.0. The number of carbonyl (C=O) groups is 2. The van der Waals surface area contributed by atoms with E-state index in [1.54, 1.807) is 9.58 Å². The third kappa shape index (κ3) is 3.80. The van der Waals surface area contributed by atoms with Crippen molar-refractivity contribution in [2.75, 3.05) is 27.2 Å². The van der Waals surface area contributed by atoms with Gasteiger partial charge in [-0.05, 0) is 44.6 Å². The first kappa shape index (κ1) is 21.0. The van der Waals surface area contributed by atoms with Crippen LogP contribution in [0.5, 0.6) is 0 Å². The monoisotopic (exact) mass is 436 g/mol. The Morgan fingerprint density at radius 3 is 2.55 bits per heavy atom. The molecule has 2 aromatic heterocycles. The molecule has 1 amide bonds. The topological polar surface area (TPSA) is 78.7 Å². The molecule has 31 heavy (non-hydrogen) atoms.